The van der Waals surface area contributed by atoms with Crippen LogP contribution in [0.15, 0.2) is 0 Å². The Kier molecular flexibility index (Phi) is 6.56. The molecule has 0 bridgehead atoms. The van der Waals surface area contributed by atoms with Crippen LogP contribution in [-0.2, 0) is 14.6 Å². The SMILES string of the molecule is CNOS(N)(=O)=O.[InH3]. The van der Waals surface area contributed by atoms with Crippen LogP contribution in [0, 0.1) is 0 Å². The molecular formula is CH9InN2O3S. The van der Waals surface area contributed by atoms with Gasteiger partial charge in [-0.3, -0.25) is 0 Å². The Morgan fingerprint density at radius 2 is 2.00 bits per heavy atom. The molecule has 0 aliphatic heterocycles. The Hall–Kier alpha value is 0.700. The molecule has 0 unspecified atom stereocenters. The van der Waals surface area contributed by atoms with Crippen molar-refractivity contribution < 1.29 is 12.7 Å². The van der Waals surface area contributed by atoms with Crippen molar-refractivity contribution in [3.63, 3.8) is 0 Å². The Balaban J connectivity index is 0. The molecule has 0 aromatic heterocycles. The van der Waals surface area contributed by atoms with Gasteiger partial charge >= 0.3 is 36.1 Å². The fourth-order valence-electron chi connectivity index (χ4n) is 0.116. The van der Waals surface area contributed by atoms with E-state index in [1.54, 1.807) is 0 Å². The van der Waals surface area contributed by atoms with Gasteiger partial charge in [-0.05, 0) is 0 Å². The minimum atomic E-state index is -3.79. The average molecular weight is 244 g/mol. The first-order chi connectivity index (χ1) is 3.06. The zero-order chi connectivity index (χ0) is 5.91. The molecule has 0 aromatic rings. The maximum atomic E-state index is 9.72. The van der Waals surface area contributed by atoms with Gasteiger partial charge in [0.1, 0.15) is 0 Å². The molecule has 0 heterocycles. The summed E-state index contributed by atoms with van der Waals surface area (Å²) in [6.07, 6.45) is 0. The number of hydrogen-bond acceptors (Lipinski definition) is 4. The third-order valence-corrected chi connectivity index (χ3v) is 0.598. The number of hydrogen-bond donors (Lipinski definition) is 2. The predicted molar refractivity (Wildman–Crippen MR) is 33.2 cm³/mol. The Bertz CT molecular complexity index is 130. The topological polar surface area (TPSA) is 81.4 Å². The molecule has 0 fully saturated rings. The summed E-state index contributed by atoms with van der Waals surface area (Å²) in [5.41, 5.74) is 1.89. The Labute approximate surface area is 66.6 Å². The van der Waals surface area contributed by atoms with Gasteiger partial charge in [-0.1, -0.05) is 0 Å². The normalized spacial score (nSPS) is 10.2. The van der Waals surface area contributed by atoms with Crippen LogP contribution >= 0.6 is 0 Å². The number of rotatable bonds is 2. The van der Waals surface area contributed by atoms with E-state index in [1.165, 1.54) is 7.05 Å². The molecule has 8 heavy (non-hydrogen) atoms. The fourth-order valence-corrected chi connectivity index (χ4v) is 0.348. The van der Waals surface area contributed by atoms with Crippen LogP contribution in [0.2, 0.25) is 0 Å². The fraction of sp³-hybridized carbons (Fsp3) is 1.00. The van der Waals surface area contributed by atoms with E-state index in [2.05, 4.69) is 9.42 Å². The van der Waals surface area contributed by atoms with Gasteiger partial charge in [0.05, 0.1) is 0 Å². The molecule has 0 rings (SSSR count). The van der Waals surface area contributed by atoms with Crippen LogP contribution in [0.5, 0.6) is 0 Å². The maximum absolute atomic E-state index is 9.72. The molecule has 0 atom stereocenters. The zero-order valence-corrected chi connectivity index (χ0v) is 4.53. The molecule has 0 spiro atoms. The van der Waals surface area contributed by atoms with Crippen molar-refractivity contribution in [1.29, 1.82) is 0 Å². The van der Waals surface area contributed by atoms with Crippen LogP contribution in [0.4, 0.5) is 0 Å². The quantitative estimate of drug-likeness (QED) is 0.512. The second-order valence-electron chi connectivity index (χ2n) is 0.780. The summed E-state index contributed by atoms with van der Waals surface area (Å²) in [6.45, 7) is 0. The molecule has 0 saturated heterocycles. The molecule has 7 heteroatoms. The molecule has 50 valence electrons. The van der Waals surface area contributed by atoms with E-state index in [9.17, 15) is 8.42 Å². The standard InChI is InChI=1S/CH6N2O3S.In.3H/c1-3-6-7(2,4)5;;;;/h3H,1H3,(H2,2,4,5);;;;. The van der Waals surface area contributed by atoms with Gasteiger partial charge < -0.3 is 0 Å². The Morgan fingerprint density at radius 1 is 1.62 bits per heavy atom. The summed E-state index contributed by atoms with van der Waals surface area (Å²) in [5.74, 6) is 0. The summed E-state index contributed by atoms with van der Waals surface area (Å²) in [4.78, 5) is 0. The summed E-state index contributed by atoms with van der Waals surface area (Å²) in [5, 5.41) is 4.33. The predicted octanol–water partition coefficient (Wildman–Crippen LogP) is -2.84. The molecule has 3 N–H and O–H groups in total. The number of hydroxylamine groups is 1. The molecule has 0 aliphatic rings. The summed E-state index contributed by atoms with van der Waals surface area (Å²) in [6, 6.07) is 0. The van der Waals surface area contributed by atoms with Gasteiger partial charge in [0, 0.05) is 7.05 Å². The van der Waals surface area contributed by atoms with Crippen molar-refractivity contribution in [2.45, 2.75) is 0 Å². The van der Waals surface area contributed by atoms with Gasteiger partial charge in [0.25, 0.3) is 0 Å². The zero-order valence-electron chi connectivity index (χ0n) is 3.71. The second kappa shape index (κ2) is 4.57. The summed E-state index contributed by atoms with van der Waals surface area (Å²) >= 11 is 0. The van der Waals surface area contributed by atoms with Gasteiger partial charge in [0.15, 0.2) is 0 Å². The molecule has 0 amide bonds. The van der Waals surface area contributed by atoms with Crippen molar-refractivity contribution in [2.75, 3.05) is 7.05 Å². The van der Waals surface area contributed by atoms with Gasteiger partial charge in [-0.15, -0.1) is 0 Å². The first-order valence-corrected chi connectivity index (χ1v) is 2.91. The molecular weight excluding hydrogens is 235 g/mol. The first-order valence-electron chi connectivity index (χ1n) is 1.44. The van der Waals surface area contributed by atoms with Crippen molar-refractivity contribution >= 4 is 36.1 Å². The van der Waals surface area contributed by atoms with Crippen molar-refractivity contribution in [3.05, 3.63) is 0 Å². The van der Waals surface area contributed by atoms with Gasteiger partial charge in [-0.25, -0.2) is 5.14 Å². The molecule has 0 aliphatic carbocycles. The Morgan fingerprint density at radius 3 is 2.00 bits per heavy atom. The van der Waals surface area contributed by atoms with Crippen LogP contribution in [0.1, 0.15) is 0 Å². The third-order valence-electron chi connectivity index (χ3n) is 0.199. The molecule has 5 nitrogen and oxygen atoms in total. The van der Waals surface area contributed by atoms with Crippen LogP contribution in [0.3, 0.4) is 0 Å². The van der Waals surface area contributed by atoms with Gasteiger partial charge in [-0.2, -0.15) is 18.2 Å². The monoisotopic (exact) mass is 244 g/mol. The van der Waals surface area contributed by atoms with E-state index in [-0.39, 0.29) is 25.8 Å². The van der Waals surface area contributed by atoms with Crippen LogP contribution in [-0.4, -0.2) is 41.3 Å². The van der Waals surface area contributed by atoms with E-state index >= 15 is 0 Å². The number of nitrogens with one attached hydrogen (secondary N) is 1. The number of nitrogens with two attached hydrogens (primary N) is 1. The third kappa shape index (κ3) is 9.85. The average Bonchev–Trinajstić information content (AvgIpc) is 1.30. The van der Waals surface area contributed by atoms with Crippen molar-refractivity contribution in [3.8, 4) is 0 Å². The summed E-state index contributed by atoms with van der Waals surface area (Å²) < 4.78 is 23.2. The van der Waals surface area contributed by atoms with Crippen molar-refractivity contribution in [2.24, 2.45) is 5.14 Å². The van der Waals surface area contributed by atoms with E-state index in [1.807, 2.05) is 5.48 Å². The van der Waals surface area contributed by atoms with E-state index in [0.29, 0.717) is 0 Å². The van der Waals surface area contributed by atoms with E-state index < -0.39 is 10.3 Å². The van der Waals surface area contributed by atoms with E-state index in [0.717, 1.165) is 0 Å². The van der Waals surface area contributed by atoms with Crippen LogP contribution in [0.25, 0.3) is 0 Å². The molecule has 0 saturated carbocycles. The molecule has 0 radical (unpaired) electrons. The van der Waals surface area contributed by atoms with E-state index in [4.69, 9.17) is 0 Å². The molecule has 0 aromatic carbocycles. The summed E-state index contributed by atoms with van der Waals surface area (Å²) in [7, 11) is -2.49. The second-order valence-corrected chi connectivity index (χ2v) is 1.93. The van der Waals surface area contributed by atoms with Crippen molar-refractivity contribution in [1.82, 2.24) is 5.48 Å². The van der Waals surface area contributed by atoms with Crippen LogP contribution < -0.4 is 10.6 Å². The van der Waals surface area contributed by atoms with Gasteiger partial charge in [0.2, 0.25) is 0 Å². The minimum absolute atomic E-state index is 0. The first kappa shape index (κ1) is 11.5.